The van der Waals surface area contributed by atoms with Crippen molar-refractivity contribution in [2.75, 3.05) is 23.8 Å². The number of imidazole rings is 1. The molecule has 0 atom stereocenters. The molecule has 4 aromatic rings. The molecular formula is C19H16ClF3N8O. The van der Waals surface area contributed by atoms with Gasteiger partial charge in [0.25, 0.3) is 0 Å². The second-order valence-electron chi connectivity index (χ2n) is 6.62. The van der Waals surface area contributed by atoms with Gasteiger partial charge in [-0.25, -0.2) is 9.97 Å². The fraction of sp³-hybridized carbons (Fsp3) is 0.211. The van der Waals surface area contributed by atoms with Gasteiger partial charge in [-0.15, -0.1) is 0 Å². The van der Waals surface area contributed by atoms with E-state index in [0.29, 0.717) is 27.7 Å². The molecule has 166 valence electrons. The summed E-state index contributed by atoms with van der Waals surface area (Å²) in [7, 11) is 0. The van der Waals surface area contributed by atoms with Gasteiger partial charge in [0.05, 0.1) is 22.7 Å². The first kappa shape index (κ1) is 21.7. The number of nitrogens with one attached hydrogen (secondary N) is 2. The van der Waals surface area contributed by atoms with Gasteiger partial charge in [0.15, 0.2) is 5.65 Å². The second-order valence-corrected chi connectivity index (χ2v) is 7.06. The highest BCUT2D eigenvalue weighted by Crippen LogP contribution is 2.30. The maximum Gasteiger partial charge on any atom is 0.416 e. The molecule has 13 heteroatoms. The van der Waals surface area contributed by atoms with Gasteiger partial charge in [0.1, 0.15) is 5.82 Å². The summed E-state index contributed by atoms with van der Waals surface area (Å²) in [6, 6.07) is 6.12. The van der Waals surface area contributed by atoms with E-state index in [1.165, 1.54) is 18.3 Å². The molecule has 3 heterocycles. The maximum atomic E-state index is 12.8. The maximum absolute atomic E-state index is 12.8. The van der Waals surface area contributed by atoms with Gasteiger partial charge in [0, 0.05) is 18.4 Å². The quantitative estimate of drug-likeness (QED) is 0.395. The molecule has 1 aromatic carbocycles. The van der Waals surface area contributed by atoms with E-state index in [0.717, 1.165) is 12.1 Å². The topological polar surface area (TPSA) is 114 Å². The molecule has 0 saturated carbocycles. The molecular weight excluding hydrogens is 449 g/mol. The summed E-state index contributed by atoms with van der Waals surface area (Å²) in [5.41, 5.74) is 0.582. The van der Waals surface area contributed by atoms with Crippen LogP contribution in [0.25, 0.3) is 17.1 Å². The van der Waals surface area contributed by atoms with Crippen LogP contribution in [-0.2, 0) is 6.18 Å². The van der Waals surface area contributed by atoms with Crippen molar-refractivity contribution in [3.63, 3.8) is 0 Å². The number of nitrogens with zero attached hydrogens (tertiary/aromatic N) is 6. The molecule has 4 rings (SSSR count). The number of aryl methyl sites for hydroxylation is 1. The zero-order valence-corrected chi connectivity index (χ0v) is 17.3. The average molecular weight is 465 g/mol. The van der Waals surface area contributed by atoms with Gasteiger partial charge in [-0.2, -0.15) is 28.1 Å². The Kier molecular flexibility index (Phi) is 5.80. The first-order valence-electron chi connectivity index (χ1n) is 9.30. The highest BCUT2D eigenvalue weighted by atomic mass is 35.5. The Hall–Kier alpha value is -3.51. The number of halogens is 4. The number of pyridine rings is 1. The standard InChI is InChI=1S/C19H16ClF3N8O/c1-10-26-15-14(8-12(20)9-25-15)31(10)18-29-16(24-6-7-32)28-17(30-18)27-13-4-2-11(3-5-13)19(21,22)23/h2-5,8-9,32H,6-7H2,1H3,(H2,24,27,28,29,30). The Morgan fingerprint density at radius 2 is 1.78 bits per heavy atom. The monoisotopic (exact) mass is 464 g/mol. The molecule has 0 aliphatic carbocycles. The van der Waals surface area contributed by atoms with Gasteiger partial charge in [-0.1, -0.05) is 11.6 Å². The number of hydrogen-bond donors (Lipinski definition) is 3. The van der Waals surface area contributed by atoms with Crippen molar-refractivity contribution in [2.24, 2.45) is 0 Å². The van der Waals surface area contributed by atoms with Crippen LogP contribution in [0.5, 0.6) is 0 Å². The van der Waals surface area contributed by atoms with Gasteiger partial charge < -0.3 is 15.7 Å². The predicted molar refractivity (Wildman–Crippen MR) is 112 cm³/mol. The minimum absolute atomic E-state index is 0.0754. The van der Waals surface area contributed by atoms with Crippen molar-refractivity contribution >= 4 is 40.3 Å². The first-order valence-corrected chi connectivity index (χ1v) is 9.68. The molecule has 0 amide bonds. The Balaban J connectivity index is 1.75. The number of hydrogen-bond acceptors (Lipinski definition) is 8. The molecule has 0 bridgehead atoms. The minimum Gasteiger partial charge on any atom is -0.395 e. The van der Waals surface area contributed by atoms with Gasteiger partial charge in [-0.05, 0) is 37.3 Å². The van der Waals surface area contributed by atoms with E-state index < -0.39 is 11.7 Å². The number of alkyl halides is 3. The lowest BCUT2D eigenvalue weighted by atomic mass is 10.2. The molecule has 9 nitrogen and oxygen atoms in total. The van der Waals surface area contributed by atoms with Crippen molar-refractivity contribution in [1.82, 2.24) is 29.5 Å². The van der Waals surface area contributed by atoms with Crippen LogP contribution in [-0.4, -0.2) is 47.7 Å². The molecule has 32 heavy (non-hydrogen) atoms. The Morgan fingerprint density at radius 3 is 2.47 bits per heavy atom. The molecule has 0 spiro atoms. The van der Waals surface area contributed by atoms with Crippen LogP contribution in [0.15, 0.2) is 36.5 Å². The molecule has 3 aromatic heterocycles. The number of aliphatic hydroxyl groups is 1. The second kappa shape index (κ2) is 8.55. The summed E-state index contributed by atoms with van der Waals surface area (Å²) < 4.78 is 40.1. The predicted octanol–water partition coefficient (Wildman–Crippen LogP) is 3.73. The summed E-state index contributed by atoms with van der Waals surface area (Å²) in [5.74, 6) is 0.939. The van der Waals surface area contributed by atoms with E-state index in [1.54, 1.807) is 17.6 Å². The number of aromatic nitrogens is 6. The van der Waals surface area contributed by atoms with Crippen molar-refractivity contribution in [3.8, 4) is 5.95 Å². The summed E-state index contributed by atoms with van der Waals surface area (Å²) in [4.78, 5) is 21.5. The van der Waals surface area contributed by atoms with E-state index in [-0.39, 0.29) is 31.0 Å². The van der Waals surface area contributed by atoms with Crippen molar-refractivity contribution in [1.29, 1.82) is 0 Å². The molecule has 0 unspecified atom stereocenters. The Labute approximate surface area is 184 Å². The van der Waals surface area contributed by atoms with Crippen molar-refractivity contribution in [2.45, 2.75) is 13.1 Å². The molecule has 0 radical (unpaired) electrons. The third-order valence-corrected chi connectivity index (χ3v) is 4.54. The van der Waals surface area contributed by atoms with Crippen LogP contribution < -0.4 is 10.6 Å². The van der Waals surface area contributed by atoms with Crippen molar-refractivity contribution < 1.29 is 18.3 Å². The molecule has 0 saturated heterocycles. The van der Waals surface area contributed by atoms with Crippen LogP contribution in [0.3, 0.4) is 0 Å². The van der Waals surface area contributed by atoms with Gasteiger partial charge >= 0.3 is 6.18 Å². The Bertz CT molecular complexity index is 1260. The zero-order valence-electron chi connectivity index (χ0n) is 16.5. The average Bonchev–Trinajstić information content (AvgIpc) is 3.06. The number of rotatable bonds is 6. The molecule has 3 N–H and O–H groups in total. The summed E-state index contributed by atoms with van der Waals surface area (Å²) in [5, 5.41) is 15.2. The fourth-order valence-electron chi connectivity index (χ4n) is 2.94. The van der Waals surface area contributed by atoms with E-state index in [9.17, 15) is 13.2 Å². The molecule has 0 aliphatic rings. The highest BCUT2D eigenvalue weighted by molar-refractivity contribution is 6.31. The number of anilines is 3. The fourth-order valence-corrected chi connectivity index (χ4v) is 3.09. The van der Waals surface area contributed by atoms with Crippen LogP contribution >= 0.6 is 11.6 Å². The lowest BCUT2D eigenvalue weighted by Gasteiger charge is -2.12. The number of aliphatic hydroxyl groups excluding tert-OH is 1. The van der Waals surface area contributed by atoms with E-state index >= 15 is 0 Å². The van der Waals surface area contributed by atoms with E-state index in [4.69, 9.17) is 16.7 Å². The van der Waals surface area contributed by atoms with Crippen LogP contribution in [0.1, 0.15) is 11.4 Å². The third-order valence-electron chi connectivity index (χ3n) is 4.33. The molecule has 0 fully saturated rings. The first-order chi connectivity index (χ1) is 15.2. The van der Waals surface area contributed by atoms with E-state index in [2.05, 4.69) is 35.6 Å². The zero-order chi connectivity index (χ0) is 22.9. The molecule has 0 aliphatic heterocycles. The summed E-state index contributed by atoms with van der Waals surface area (Å²) >= 11 is 6.08. The van der Waals surface area contributed by atoms with Gasteiger partial charge in [0.2, 0.25) is 17.8 Å². The third kappa shape index (κ3) is 4.55. The SMILES string of the molecule is Cc1nc2ncc(Cl)cc2n1-c1nc(NCCO)nc(Nc2ccc(C(F)(F)F)cc2)n1. The summed E-state index contributed by atoms with van der Waals surface area (Å²) in [6.45, 7) is 1.76. The highest BCUT2D eigenvalue weighted by Gasteiger charge is 2.30. The largest absolute Gasteiger partial charge is 0.416 e. The minimum atomic E-state index is -4.43. The van der Waals surface area contributed by atoms with E-state index in [1.807, 2.05) is 0 Å². The van der Waals surface area contributed by atoms with Gasteiger partial charge in [-0.3, -0.25) is 4.57 Å². The lowest BCUT2D eigenvalue weighted by Crippen LogP contribution is -2.14. The number of benzene rings is 1. The normalized spacial score (nSPS) is 11.7. The smallest absolute Gasteiger partial charge is 0.395 e. The lowest BCUT2D eigenvalue weighted by molar-refractivity contribution is -0.137. The number of fused-ring (bicyclic) bond motifs is 1. The van der Waals surface area contributed by atoms with Crippen LogP contribution in [0, 0.1) is 6.92 Å². The van der Waals surface area contributed by atoms with Crippen LogP contribution in [0.2, 0.25) is 5.02 Å². The Morgan fingerprint density at radius 1 is 1.06 bits per heavy atom. The van der Waals surface area contributed by atoms with Crippen molar-refractivity contribution in [3.05, 3.63) is 52.9 Å². The summed E-state index contributed by atoms with van der Waals surface area (Å²) in [6.07, 6.45) is -2.96. The van der Waals surface area contributed by atoms with Crippen LogP contribution in [0.4, 0.5) is 30.8 Å².